The number of carbonyl (C=O) groups excluding carboxylic acids is 1. The van der Waals surface area contributed by atoms with Gasteiger partial charge in [0.05, 0.1) is 13.8 Å². The fourth-order valence-corrected chi connectivity index (χ4v) is 1.70. The first-order chi connectivity index (χ1) is 6.91. The summed E-state index contributed by atoms with van der Waals surface area (Å²) in [6.45, 7) is 11.9. The molecule has 4 nitrogen and oxygen atoms in total. The van der Waals surface area contributed by atoms with E-state index in [1.165, 1.54) is 0 Å². The SMILES string of the molecule is CC(OC(=O)N1CCNCC1)[Si](C)(C)C. The molecule has 1 aliphatic heterocycles. The molecule has 1 N–H and O–H groups in total. The molecule has 1 fully saturated rings. The smallest absolute Gasteiger partial charge is 0.409 e. The van der Waals surface area contributed by atoms with Crippen molar-refractivity contribution in [1.29, 1.82) is 0 Å². The molecule has 1 rings (SSSR count). The maximum Gasteiger partial charge on any atom is 0.409 e. The van der Waals surface area contributed by atoms with Crippen LogP contribution in [-0.2, 0) is 4.74 Å². The molecule has 88 valence electrons. The van der Waals surface area contributed by atoms with E-state index in [0.717, 1.165) is 26.2 Å². The molecule has 0 saturated carbocycles. The molecule has 1 amide bonds. The van der Waals surface area contributed by atoms with E-state index in [4.69, 9.17) is 4.74 Å². The van der Waals surface area contributed by atoms with Crippen LogP contribution in [0.4, 0.5) is 4.79 Å². The molecule has 0 bridgehead atoms. The molecule has 0 aliphatic carbocycles. The summed E-state index contributed by atoms with van der Waals surface area (Å²) >= 11 is 0. The van der Waals surface area contributed by atoms with Crippen LogP contribution in [0.3, 0.4) is 0 Å². The summed E-state index contributed by atoms with van der Waals surface area (Å²) in [4.78, 5) is 13.5. The standard InChI is InChI=1S/C10H22N2O2Si/c1-9(15(2,3)4)14-10(13)12-7-5-11-6-8-12/h9,11H,5-8H2,1-4H3. The number of hydrogen-bond acceptors (Lipinski definition) is 3. The van der Waals surface area contributed by atoms with Crippen molar-refractivity contribution in [1.82, 2.24) is 10.2 Å². The summed E-state index contributed by atoms with van der Waals surface area (Å²) in [5.74, 6) is 0. The highest BCUT2D eigenvalue weighted by Gasteiger charge is 2.28. The molecular weight excluding hydrogens is 208 g/mol. The maximum absolute atomic E-state index is 11.8. The summed E-state index contributed by atoms with van der Waals surface area (Å²) in [5, 5.41) is 3.21. The van der Waals surface area contributed by atoms with Gasteiger partial charge in [0.25, 0.3) is 0 Å². The Morgan fingerprint density at radius 1 is 1.33 bits per heavy atom. The normalized spacial score (nSPS) is 19.9. The summed E-state index contributed by atoms with van der Waals surface area (Å²) in [6, 6.07) is 0. The lowest BCUT2D eigenvalue weighted by Crippen LogP contribution is -2.49. The Hall–Kier alpha value is -0.553. The molecular formula is C10H22N2O2Si. The van der Waals surface area contributed by atoms with Crippen LogP contribution < -0.4 is 5.32 Å². The Bertz CT molecular complexity index is 222. The van der Waals surface area contributed by atoms with Crippen molar-refractivity contribution in [2.75, 3.05) is 26.2 Å². The van der Waals surface area contributed by atoms with E-state index >= 15 is 0 Å². The lowest BCUT2D eigenvalue weighted by molar-refractivity contribution is 0.0881. The number of piperazine rings is 1. The van der Waals surface area contributed by atoms with E-state index in [-0.39, 0.29) is 11.8 Å². The third kappa shape index (κ3) is 3.83. The van der Waals surface area contributed by atoms with Crippen LogP contribution in [-0.4, -0.2) is 51.0 Å². The zero-order chi connectivity index (χ0) is 11.5. The highest BCUT2D eigenvalue weighted by molar-refractivity contribution is 6.77. The fraction of sp³-hybridized carbons (Fsp3) is 0.900. The van der Waals surface area contributed by atoms with Crippen LogP contribution in [0.25, 0.3) is 0 Å². The van der Waals surface area contributed by atoms with Gasteiger partial charge in [-0.25, -0.2) is 4.79 Å². The van der Waals surface area contributed by atoms with Crippen molar-refractivity contribution in [3.8, 4) is 0 Å². The second-order valence-electron chi connectivity index (χ2n) is 5.13. The average Bonchev–Trinajstić information content (AvgIpc) is 2.17. The molecule has 0 aromatic carbocycles. The first-order valence-corrected chi connectivity index (χ1v) is 9.15. The van der Waals surface area contributed by atoms with Crippen LogP contribution in [0.2, 0.25) is 19.6 Å². The number of hydrogen-bond donors (Lipinski definition) is 1. The van der Waals surface area contributed by atoms with Gasteiger partial charge in [0.2, 0.25) is 0 Å². The van der Waals surface area contributed by atoms with Crippen LogP contribution in [0.1, 0.15) is 6.92 Å². The van der Waals surface area contributed by atoms with Gasteiger partial charge in [-0.2, -0.15) is 0 Å². The number of rotatable bonds is 2. The summed E-state index contributed by atoms with van der Waals surface area (Å²) in [6.07, 6.45) is -0.147. The van der Waals surface area contributed by atoms with E-state index in [0.29, 0.717) is 0 Å². The van der Waals surface area contributed by atoms with E-state index in [9.17, 15) is 4.79 Å². The molecule has 0 aromatic heterocycles. The largest absolute Gasteiger partial charge is 0.450 e. The van der Waals surface area contributed by atoms with Gasteiger partial charge in [0.1, 0.15) is 0 Å². The Labute approximate surface area is 93.0 Å². The summed E-state index contributed by atoms with van der Waals surface area (Å²) in [5.41, 5.74) is 0.0832. The van der Waals surface area contributed by atoms with Gasteiger partial charge in [-0.1, -0.05) is 19.6 Å². The van der Waals surface area contributed by atoms with Crippen molar-refractivity contribution in [3.05, 3.63) is 0 Å². The van der Waals surface area contributed by atoms with E-state index in [2.05, 4.69) is 25.0 Å². The number of amides is 1. The predicted molar refractivity (Wildman–Crippen MR) is 63.7 cm³/mol. The molecule has 0 aromatic rings. The monoisotopic (exact) mass is 230 g/mol. The van der Waals surface area contributed by atoms with Gasteiger partial charge in [0, 0.05) is 26.2 Å². The van der Waals surface area contributed by atoms with Gasteiger partial charge < -0.3 is 15.0 Å². The molecule has 15 heavy (non-hydrogen) atoms. The van der Waals surface area contributed by atoms with Crippen LogP contribution >= 0.6 is 0 Å². The van der Waals surface area contributed by atoms with Crippen molar-refractivity contribution in [3.63, 3.8) is 0 Å². The fourth-order valence-electron chi connectivity index (χ4n) is 1.25. The number of nitrogens with zero attached hydrogens (tertiary/aromatic N) is 1. The lowest BCUT2D eigenvalue weighted by Gasteiger charge is -2.31. The number of carbonyl (C=O) groups is 1. The van der Waals surface area contributed by atoms with Crippen molar-refractivity contribution < 1.29 is 9.53 Å². The minimum absolute atomic E-state index is 0.0832. The first kappa shape index (κ1) is 12.5. The third-order valence-corrected chi connectivity index (χ3v) is 5.43. The third-order valence-electron chi connectivity index (χ3n) is 2.87. The molecule has 1 atom stereocenters. The van der Waals surface area contributed by atoms with Crippen molar-refractivity contribution in [2.24, 2.45) is 0 Å². The second-order valence-corrected chi connectivity index (χ2v) is 10.7. The number of ether oxygens (including phenoxy) is 1. The predicted octanol–water partition coefficient (Wildman–Crippen LogP) is 1.29. The summed E-state index contributed by atoms with van der Waals surface area (Å²) < 4.78 is 5.48. The second kappa shape index (κ2) is 4.98. The van der Waals surface area contributed by atoms with Gasteiger partial charge in [-0.05, 0) is 6.92 Å². The van der Waals surface area contributed by atoms with Crippen molar-refractivity contribution >= 4 is 14.2 Å². The Kier molecular flexibility index (Phi) is 4.16. The van der Waals surface area contributed by atoms with Gasteiger partial charge in [-0.15, -0.1) is 0 Å². The van der Waals surface area contributed by atoms with Crippen LogP contribution in [0.5, 0.6) is 0 Å². The van der Waals surface area contributed by atoms with E-state index in [1.807, 2.05) is 6.92 Å². The highest BCUT2D eigenvalue weighted by atomic mass is 28.3. The van der Waals surface area contributed by atoms with E-state index < -0.39 is 8.07 Å². The van der Waals surface area contributed by atoms with Gasteiger partial charge >= 0.3 is 6.09 Å². The Morgan fingerprint density at radius 2 is 1.87 bits per heavy atom. The minimum Gasteiger partial charge on any atom is -0.450 e. The van der Waals surface area contributed by atoms with Crippen LogP contribution in [0.15, 0.2) is 0 Å². The maximum atomic E-state index is 11.8. The van der Waals surface area contributed by atoms with E-state index in [1.54, 1.807) is 4.90 Å². The molecule has 1 saturated heterocycles. The average molecular weight is 230 g/mol. The first-order valence-electron chi connectivity index (χ1n) is 5.57. The molecule has 5 heteroatoms. The topological polar surface area (TPSA) is 41.6 Å². The summed E-state index contributed by atoms with van der Waals surface area (Å²) in [7, 11) is -1.37. The molecule has 1 heterocycles. The number of nitrogens with one attached hydrogen (secondary N) is 1. The quantitative estimate of drug-likeness (QED) is 0.727. The zero-order valence-electron chi connectivity index (χ0n) is 10.2. The molecule has 0 spiro atoms. The Balaban J connectivity index is 2.40. The van der Waals surface area contributed by atoms with Crippen molar-refractivity contribution in [2.45, 2.75) is 32.3 Å². The minimum atomic E-state index is -1.37. The zero-order valence-corrected chi connectivity index (χ0v) is 11.2. The highest BCUT2D eigenvalue weighted by Crippen LogP contribution is 2.12. The molecule has 1 aliphatic rings. The van der Waals surface area contributed by atoms with Gasteiger partial charge in [0.15, 0.2) is 0 Å². The lowest BCUT2D eigenvalue weighted by atomic mass is 10.4. The Morgan fingerprint density at radius 3 is 2.33 bits per heavy atom. The van der Waals surface area contributed by atoms with Gasteiger partial charge in [-0.3, -0.25) is 0 Å². The van der Waals surface area contributed by atoms with Crippen LogP contribution in [0, 0.1) is 0 Å². The molecule has 0 radical (unpaired) electrons. The molecule has 1 unspecified atom stereocenters.